The standard InChI is InChI=1S/C4H5FO/c1-2-3-4(5)6/h4,6H,1H3. The highest BCUT2D eigenvalue weighted by atomic mass is 19.1. The first-order chi connectivity index (χ1) is 2.77. The molecule has 1 N–H and O–H groups in total. The van der Waals surface area contributed by atoms with E-state index < -0.39 is 6.36 Å². The Bertz CT molecular complexity index is 77.3. The lowest BCUT2D eigenvalue weighted by atomic mass is 10.6. The monoisotopic (exact) mass is 88.0 g/mol. The van der Waals surface area contributed by atoms with Crippen molar-refractivity contribution in [3.8, 4) is 11.8 Å². The highest BCUT2D eigenvalue weighted by molar-refractivity contribution is 4.97. The predicted molar refractivity (Wildman–Crippen MR) is 20.6 cm³/mol. The van der Waals surface area contributed by atoms with Crippen LogP contribution in [0, 0.1) is 11.8 Å². The fraction of sp³-hybridized carbons (Fsp3) is 0.500. The average molecular weight is 88.1 g/mol. The summed E-state index contributed by atoms with van der Waals surface area (Å²) >= 11 is 0. The Balaban J connectivity index is 3.20. The normalized spacial score (nSPS) is 11.8. The second-order valence-electron chi connectivity index (χ2n) is 0.730. The molecule has 34 valence electrons. The van der Waals surface area contributed by atoms with E-state index >= 15 is 0 Å². The van der Waals surface area contributed by atoms with E-state index in [9.17, 15) is 4.39 Å². The van der Waals surface area contributed by atoms with Gasteiger partial charge < -0.3 is 5.11 Å². The van der Waals surface area contributed by atoms with E-state index in [-0.39, 0.29) is 0 Å². The maximum absolute atomic E-state index is 11.1. The van der Waals surface area contributed by atoms with E-state index in [2.05, 4.69) is 5.92 Å². The van der Waals surface area contributed by atoms with Gasteiger partial charge in [-0.3, -0.25) is 0 Å². The first kappa shape index (κ1) is 5.45. The van der Waals surface area contributed by atoms with Gasteiger partial charge in [0.25, 0.3) is 6.36 Å². The van der Waals surface area contributed by atoms with Crippen molar-refractivity contribution in [2.24, 2.45) is 0 Å². The van der Waals surface area contributed by atoms with Crippen LogP contribution in [0.4, 0.5) is 4.39 Å². The number of rotatable bonds is 0. The zero-order chi connectivity index (χ0) is 4.99. The molecule has 0 aromatic carbocycles. The van der Waals surface area contributed by atoms with E-state index in [4.69, 9.17) is 5.11 Å². The number of aliphatic hydroxyl groups is 1. The minimum absolute atomic E-state index is 1.46. The minimum atomic E-state index is -1.96. The molecular weight excluding hydrogens is 83.0 g/mol. The van der Waals surface area contributed by atoms with Gasteiger partial charge >= 0.3 is 0 Å². The summed E-state index contributed by atoms with van der Waals surface area (Å²) in [7, 11) is 0. The molecule has 1 atom stereocenters. The Morgan fingerprint density at radius 2 is 2.33 bits per heavy atom. The van der Waals surface area contributed by atoms with Crippen molar-refractivity contribution in [3.05, 3.63) is 0 Å². The Labute approximate surface area is 35.8 Å². The molecule has 0 fully saturated rings. The summed E-state index contributed by atoms with van der Waals surface area (Å²) in [5, 5.41) is 7.71. The third kappa shape index (κ3) is 3.45. The summed E-state index contributed by atoms with van der Waals surface area (Å²) in [5.74, 6) is 4.04. The fourth-order valence-electron chi connectivity index (χ4n) is 0.119. The summed E-state index contributed by atoms with van der Waals surface area (Å²) < 4.78 is 11.1. The Kier molecular flexibility index (Phi) is 2.43. The molecule has 0 aliphatic carbocycles. The quantitative estimate of drug-likeness (QED) is 0.422. The van der Waals surface area contributed by atoms with Crippen molar-refractivity contribution < 1.29 is 9.50 Å². The van der Waals surface area contributed by atoms with Gasteiger partial charge in [0.1, 0.15) is 0 Å². The van der Waals surface area contributed by atoms with E-state index in [1.807, 2.05) is 5.92 Å². The van der Waals surface area contributed by atoms with Gasteiger partial charge in [-0.15, -0.1) is 5.92 Å². The zero-order valence-electron chi connectivity index (χ0n) is 3.40. The fourth-order valence-corrected chi connectivity index (χ4v) is 0.119. The molecule has 2 heteroatoms. The van der Waals surface area contributed by atoms with Crippen LogP contribution in [0.3, 0.4) is 0 Å². The highest BCUT2D eigenvalue weighted by Crippen LogP contribution is 1.74. The van der Waals surface area contributed by atoms with Gasteiger partial charge in [-0.25, -0.2) is 4.39 Å². The molecule has 0 saturated heterocycles. The van der Waals surface area contributed by atoms with E-state index in [1.165, 1.54) is 6.92 Å². The minimum Gasteiger partial charge on any atom is -0.354 e. The Hall–Kier alpha value is -0.550. The number of aliphatic hydroxyl groups excluding tert-OH is 1. The highest BCUT2D eigenvalue weighted by Gasteiger charge is 1.83. The van der Waals surface area contributed by atoms with Gasteiger partial charge in [-0.1, -0.05) is 0 Å². The average Bonchev–Trinajstić information content (AvgIpc) is 1.35. The number of halogens is 1. The van der Waals surface area contributed by atoms with E-state index in [0.29, 0.717) is 0 Å². The number of alkyl halides is 1. The molecule has 0 amide bonds. The molecule has 0 bridgehead atoms. The summed E-state index contributed by atoms with van der Waals surface area (Å²) in [6, 6.07) is 0. The SMILES string of the molecule is CC#CC(O)F. The van der Waals surface area contributed by atoms with Gasteiger partial charge in [0, 0.05) is 0 Å². The Morgan fingerprint density at radius 3 is 2.33 bits per heavy atom. The Morgan fingerprint density at radius 1 is 1.83 bits per heavy atom. The summed E-state index contributed by atoms with van der Waals surface area (Å²) in [4.78, 5) is 0. The molecule has 0 saturated carbocycles. The molecule has 0 aliphatic rings. The van der Waals surface area contributed by atoms with Gasteiger partial charge in [0.15, 0.2) is 0 Å². The van der Waals surface area contributed by atoms with Gasteiger partial charge in [-0.05, 0) is 12.8 Å². The molecule has 1 unspecified atom stereocenters. The van der Waals surface area contributed by atoms with Crippen molar-refractivity contribution in [2.75, 3.05) is 0 Å². The zero-order valence-corrected chi connectivity index (χ0v) is 3.40. The van der Waals surface area contributed by atoms with Crippen molar-refractivity contribution in [1.29, 1.82) is 0 Å². The van der Waals surface area contributed by atoms with Crippen LogP contribution in [0.2, 0.25) is 0 Å². The van der Waals surface area contributed by atoms with Crippen LogP contribution in [0.1, 0.15) is 6.92 Å². The lowest BCUT2D eigenvalue weighted by molar-refractivity contribution is 0.0975. The van der Waals surface area contributed by atoms with Gasteiger partial charge in [0.2, 0.25) is 0 Å². The van der Waals surface area contributed by atoms with Crippen LogP contribution < -0.4 is 0 Å². The second kappa shape index (κ2) is 2.67. The molecule has 0 heterocycles. The molecule has 6 heavy (non-hydrogen) atoms. The molecular formula is C4H5FO. The third-order valence-corrected chi connectivity index (χ3v) is 0.263. The maximum atomic E-state index is 11.1. The smallest absolute Gasteiger partial charge is 0.259 e. The van der Waals surface area contributed by atoms with Crippen molar-refractivity contribution in [2.45, 2.75) is 13.3 Å². The summed E-state index contributed by atoms with van der Waals surface area (Å²) in [5.41, 5.74) is 0. The molecule has 0 aromatic heterocycles. The van der Waals surface area contributed by atoms with Gasteiger partial charge in [0.05, 0.1) is 0 Å². The molecule has 0 aromatic rings. The first-order valence-electron chi connectivity index (χ1n) is 1.52. The van der Waals surface area contributed by atoms with Gasteiger partial charge in [-0.2, -0.15) is 0 Å². The summed E-state index contributed by atoms with van der Waals surface area (Å²) in [6.45, 7) is 1.46. The van der Waals surface area contributed by atoms with Crippen LogP contribution in [-0.4, -0.2) is 11.5 Å². The second-order valence-corrected chi connectivity index (χ2v) is 0.730. The lowest BCUT2D eigenvalue weighted by Gasteiger charge is -1.77. The molecule has 0 rings (SSSR count). The lowest BCUT2D eigenvalue weighted by Crippen LogP contribution is -1.88. The van der Waals surface area contributed by atoms with Crippen LogP contribution >= 0.6 is 0 Å². The molecule has 0 spiro atoms. The van der Waals surface area contributed by atoms with E-state index in [1.54, 1.807) is 0 Å². The molecule has 1 nitrogen and oxygen atoms in total. The molecule has 0 radical (unpaired) electrons. The topological polar surface area (TPSA) is 20.2 Å². The van der Waals surface area contributed by atoms with E-state index in [0.717, 1.165) is 0 Å². The molecule has 0 aliphatic heterocycles. The van der Waals surface area contributed by atoms with Crippen molar-refractivity contribution >= 4 is 0 Å². The van der Waals surface area contributed by atoms with Crippen LogP contribution in [0.25, 0.3) is 0 Å². The largest absolute Gasteiger partial charge is 0.354 e. The van der Waals surface area contributed by atoms with Crippen molar-refractivity contribution in [1.82, 2.24) is 0 Å². The van der Waals surface area contributed by atoms with Crippen molar-refractivity contribution in [3.63, 3.8) is 0 Å². The van der Waals surface area contributed by atoms with Crippen LogP contribution in [0.5, 0.6) is 0 Å². The third-order valence-electron chi connectivity index (χ3n) is 0.263. The predicted octanol–water partition coefficient (Wildman–Crippen LogP) is 0.298. The first-order valence-corrected chi connectivity index (χ1v) is 1.52. The summed E-state index contributed by atoms with van der Waals surface area (Å²) in [6.07, 6.45) is -1.96. The van der Waals surface area contributed by atoms with Crippen LogP contribution in [0.15, 0.2) is 0 Å². The number of hydrogen-bond acceptors (Lipinski definition) is 1. The number of hydrogen-bond donors (Lipinski definition) is 1. The maximum Gasteiger partial charge on any atom is 0.259 e. The van der Waals surface area contributed by atoms with Crippen LogP contribution in [-0.2, 0) is 0 Å².